The topological polar surface area (TPSA) is 18.5 Å². The molecule has 40 heavy (non-hydrogen) atoms. The van der Waals surface area contributed by atoms with Crippen molar-refractivity contribution in [3.05, 3.63) is 120 Å². The van der Waals surface area contributed by atoms with Gasteiger partial charge in [0.05, 0.1) is 25.2 Å². The van der Waals surface area contributed by atoms with Crippen LogP contribution >= 0.6 is 50.1 Å². The van der Waals surface area contributed by atoms with E-state index in [9.17, 15) is 0 Å². The SMILES string of the molecule is C/C=C\C(=C/C(=S)C(C)(c1cc(-c2ccc(S)cc2)ccc1S)c1c(OC)cccc1OC)c1ccc(S)cc1. The van der Waals surface area contributed by atoms with E-state index < -0.39 is 5.41 Å². The fourth-order valence-corrected chi connectivity index (χ4v) is 5.85. The summed E-state index contributed by atoms with van der Waals surface area (Å²) in [4.78, 5) is 3.31. The molecular formula is C34H32O2S4. The molecule has 2 nitrogen and oxygen atoms in total. The van der Waals surface area contributed by atoms with Crippen molar-refractivity contribution >= 4 is 60.5 Å². The summed E-state index contributed by atoms with van der Waals surface area (Å²) in [5, 5.41) is 0. The Labute approximate surface area is 259 Å². The van der Waals surface area contributed by atoms with E-state index in [0.717, 1.165) is 48.1 Å². The Bertz CT molecular complexity index is 1550. The molecule has 1 unspecified atom stereocenters. The number of methoxy groups -OCH3 is 2. The van der Waals surface area contributed by atoms with Crippen LogP contribution in [0.25, 0.3) is 16.7 Å². The van der Waals surface area contributed by atoms with Gasteiger partial charge in [0.1, 0.15) is 11.5 Å². The van der Waals surface area contributed by atoms with Gasteiger partial charge in [-0.3, -0.25) is 0 Å². The monoisotopic (exact) mass is 600 g/mol. The van der Waals surface area contributed by atoms with E-state index in [1.807, 2.05) is 73.7 Å². The molecule has 0 radical (unpaired) electrons. The number of ether oxygens (including phenoxy) is 2. The number of hydrogen-bond donors (Lipinski definition) is 3. The van der Waals surface area contributed by atoms with Gasteiger partial charge in [-0.1, -0.05) is 60.8 Å². The van der Waals surface area contributed by atoms with Crippen LogP contribution in [0.2, 0.25) is 0 Å². The maximum atomic E-state index is 6.34. The third-order valence-electron chi connectivity index (χ3n) is 6.99. The Morgan fingerprint density at radius 3 is 1.88 bits per heavy atom. The van der Waals surface area contributed by atoms with Crippen molar-refractivity contribution in [2.45, 2.75) is 33.9 Å². The zero-order valence-electron chi connectivity index (χ0n) is 22.9. The van der Waals surface area contributed by atoms with Crippen molar-refractivity contribution in [1.29, 1.82) is 0 Å². The summed E-state index contributed by atoms with van der Waals surface area (Å²) in [6.07, 6.45) is 6.14. The highest BCUT2D eigenvalue weighted by Crippen LogP contribution is 2.47. The Hall–Kier alpha value is -2.90. The maximum Gasteiger partial charge on any atom is 0.127 e. The molecule has 0 N–H and O–H groups in total. The van der Waals surface area contributed by atoms with Gasteiger partial charge < -0.3 is 9.47 Å². The highest BCUT2D eigenvalue weighted by molar-refractivity contribution is 7.81. The standard InChI is InChI=1S/C34H32O2S4/c1-5-7-24(22-10-15-26(37)16-11-22)21-32(40)34(2,33-29(35-3)8-6-9-30(33)36-4)28-20-25(14-19-31(28)39)23-12-17-27(38)18-13-23/h5-21,37-39H,1-4H3/b7-5-,24-21+. The number of thiol groups is 3. The zero-order valence-corrected chi connectivity index (χ0v) is 26.4. The van der Waals surface area contributed by atoms with Crippen LogP contribution in [0.4, 0.5) is 0 Å². The van der Waals surface area contributed by atoms with E-state index in [0.29, 0.717) is 16.4 Å². The molecule has 1 atom stereocenters. The fourth-order valence-electron chi connectivity index (χ4n) is 4.85. The van der Waals surface area contributed by atoms with Crippen molar-refractivity contribution in [1.82, 2.24) is 0 Å². The van der Waals surface area contributed by atoms with Crippen molar-refractivity contribution in [2.24, 2.45) is 0 Å². The Morgan fingerprint density at radius 1 is 0.775 bits per heavy atom. The van der Waals surface area contributed by atoms with E-state index in [1.165, 1.54) is 0 Å². The normalized spacial score (nSPS) is 13.2. The van der Waals surface area contributed by atoms with Gasteiger partial charge in [0.2, 0.25) is 0 Å². The number of benzene rings is 4. The molecule has 0 saturated carbocycles. The van der Waals surface area contributed by atoms with Crippen molar-refractivity contribution in [3.63, 3.8) is 0 Å². The van der Waals surface area contributed by atoms with Crippen LogP contribution < -0.4 is 9.47 Å². The molecular weight excluding hydrogens is 569 g/mol. The molecule has 4 aromatic carbocycles. The molecule has 0 spiro atoms. The summed E-state index contributed by atoms with van der Waals surface area (Å²) >= 11 is 20.2. The minimum Gasteiger partial charge on any atom is -0.496 e. The number of rotatable bonds is 9. The summed E-state index contributed by atoms with van der Waals surface area (Å²) in [6, 6.07) is 28.2. The van der Waals surface area contributed by atoms with E-state index in [-0.39, 0.29) is 0 Å². The quantitative estimate of drug-likeness (QED) is 0.0770. The highest BCUT2D eigenvalue weighted by atomic mass is 32.1. The predicted octanol–water partition coefficient (Wildman–Crippen LogP) is 9.57. The van der Waals surface area contributed by atoms with Crippen LogP contribution in [0.15, 0.2) is 118 Å². The smallest absolute Gasteiger partial charge is 0.127 e. The molecule has 4 rings (SSSR count). The molecule has 0 saturated heterocycles. The lowest BCUT2D eigenvalue weighted by molar-refractivity contribution is 0.379. The summed E-state index contributed by atoms with van der Waals surface area (Å²) in [7, 11) is 3.33. The van der Waals surface area contributed by atoms with E-state index in [1.54, 1.807) is 14.2 Å². The van der Waals surface area contributed by atoms with E-state index in [2.05, 4.69) is 68.6 Å². The minimum absolute atomic E-state index is 0.683. The van der Waals surface area contributed by atoms with E-state index in [4.69, 9.17) is 34.3 Å². The molecule has 0 heterocycles. The van der Waals surface area contributed by atoms with Gasteiger partial charge in [-0.25, -0.2) is 0 Å². The Kier molecular flexibility index (Phi) is 9.90. The van der Waals surface area contributed by atoms with Crippen molar-refractivity contribution in [2.75, 3.05) is 14.2 Å². The Morgan fingerprint density at radius 2 is 1.32 bits per heavy atom. The summed E-state index contributed by atoms with van der Waals surface area (Å²) in [5.74, 6) is 1.37. The lowest BCUT2D eigenvalue weighted by Gasteiger charge is -2.35. The second kappa shape index (κ2) is 13.2. The van der Waals surface area contributed by atoms with Crippen LogP contribution in [-0.4, -0.2) is 19.1 Å². The molecule has 0 aromatic heterocycles. The van der Waals surface area contributed by atoms with Gasteiger partial charge in [-0.15, -0.1) is 37.9 Å². The van der Waals surface area contributed by atoms with Gasteiger partial charge in [-0.05, 0) is 96.3 Å². The molecule has 0 bridgehead atoms. The average Bonchev–Trinajstić information content (AvgIpc) is 2.97. The second-order valence-corrected chi connectivity index (χ2v) is 11.4. The van der Waals surface area contributed by atoms with Gasteiger partial charge >= 0.3 is 0 Å². The largest absolute Gasteiger partial charge is 0.496 e. The maximum absolute atomic E-state index is 6.34. The molecule has 4 aromatic rings. The molecule has 0 fully saturated rings. The number of hydrogen-bond acceptors (Lipinski definition) is 6. The minimum atomic E-state index is -0.847. The van der Waals surface area contributed by atoms with Crippen LogP contribution in [0.3, 0.4) is 0 Å². The molecule has 0 amide bonds. The van der Waals surface area contributed by atoms with Crippen LogP contribution in [0.1, 0.15) is 30.5 Å². The lowest BCUT2D eigenvalue weighted by atomic mass is 9.71. The number of allylic oxidation sites excluding steroid dienone is 4. The average molecular weight is 601 g/mol. The summed E-state index contributed by atoms with van der Waals surface area (Å²) in [6.45, 7) is 4.11. The predicted molar refractivity (Wildman–Crippen MR) is 181 cm³/mol. The zero-order chi connectivity index (χ0) is 28.9. The molecule has 0 aliphatic carbocycles. The van der Waals surface area contributed by atoms with Crippen LogP contribution in [0.5, 0.6) is 11.5 Å². The fraction of sp³-hybridized carbons (Fsp3) is 0.147. The first kappa shape index (κ1) is 30.1. The second-order valence-electron chi connectivity index (χ2n) is 9.45. The first-order valence-corrected chi connectivity index (χ1v) is 14.5. The van der Waals surface area contributed by atoms with Crippen LogP contribution in [0, 0.1) is 0 Å². The van der Waals surface area contributed by atoms with Gasteiger partial charge in [0.15, 0.2) is 0 Å². The third-order valence-corrected chi connectivity index (χ3v) is 8.50. The number of thiocarbonyl (C=S) groups is 1. The van der Waals surface area contributed by atoms with Crippen LogP contribution in [-0.2, 0) is 5.41 Å². The van der Waals surface area contributed by atoms with E-state index >= 15 is 0 Å². The summed E-state index contributed by atoms with van der Waals surface area (Å²) in [5.41, 5.74) is 5.08. The first-order valence-electron chi connectivity index (χ1n) is 12.8. The van der Waals surface area contributed by atoms with Gasteiger partial charge in [-0.2, -0.15) is 0 Å². The third kappa shape index (κ3) is 6.21. The lowest BCUT2D eigenvalue weighted by Crippen LogP contribution is -2.33. The molecule has 204 valence electrons. The van der Waals surface area contributed by atoms with Gasteiger partial charge in [0, 0.05) is 19.6 Å². The Balaban J connectivity index is 2.02. The van der Waals surface area contributed by atoms with Gasteiger partial charge in [0.25, 0.3) is 0 Å². The first-order chi connectivity index (χ1) is 19.2. The molecule has 6 heteroatoms. The summed E-state index contributed by atoms with van der Waals surface area (Å²) < 4.78 is 11.8. The highest BCUT2D eigenvalue weighted by Gasteiger charge is 2.40. The van der Waals surface area contributed by atoms with Crippen molar-refractivity contribution in [3.8, 4) is 22.6 Å². The molecule has 0 aliphatic rings. The van der Waals surface area contributed by atoms with Crippen molar-refractivity contribution < 1.29 is 9.47 Å². The molecule has 0 aliphatic heterocycles.